The summed E-state index contributed by atoms with van der Waals surface area (Å²) < 4.78 is 5.40. The molecule has 1 aromatic heterocycles. The number of nitrogens with two attached hydrogens (primary N) is 1. The van der Waals surface area contributed by atoms with Crippen molar-refractivity contribution >= 4 is 17.2 Å². The van der Waals surface area contributed by atoms with Gasteiger partial charge in [0.25, 0.3) is 5.91 Å². The van der Waals surface area contributed by atoms with Gasteiger partial charge in [0.05, 0.1) is 29.5 Å². The summed E-state index contributed by atoms with van der Waals surface area (Å²) >= 11 is 1.36. The van der Waals surface area contributed by atoms with Crippen molar-refractivity contribution in [3.63, 3.8) is 0 Å². The zero-order valence-corrected chi connectivity index (χ0v) is 12.8. The Kier molecular flexibility index (Phi) is 7.92. The van der Waals surface area contributed by atoms with Crippen molar-refractivity contribution < 1.29 is 9.53 Å². The number of thiophene rings is 1. The summed E-state index contributed by atoms with van der Waals surface area (Å²) in [4.78, 5) is 15.4. The lowest BCUT2D eigenvalue weighted by Crippen LogP contribution is -2.27. The van der Waals surface area contributed by atoms with Crippen LogP contribution in [0.2, 0.25) is 0 Å². The van der Waals surface area contributed by atoms with E-state index in [1.54, 1.807) is 6.07 Å². The van der Waals surface area contributed by atoms with E-state index in [4.69, 9.17) is 10.5 Å². The minimum atomic E-state index is -0.0907. The first-order valence-corrected chi connectivity index (χ1v) is 7.24. The smallest absolute Gasteiger partial charge is 0.261 e. The highest BCUT2D eigenvalue weighted by atomic mass is 32.1. The molecule has 0 saturated heterocycles. The molecule has 0 aliphatic carbocycles. The van der Waals surface area contributed by atoms with Gasteiger partial charge in [0.1, 0.15) is 0 Å². The molecule has 0 aliphatic heterocycles. The molecule has 0 aliphatic rings. The third-order valence-corrected chi connectivity index (χ3v) is 3.36. The lowest BCUT2D eigenvalue weighted by Gasteiger charge is -2.09. The molecule has 1 rings (SSSR count). The van der Waals surface area contributed by atoms with E-state index in [0.29, 0.717) is 31.2 Å². The SMILES string of the molecule is CN(C)CCOCCNC(=O)c1ccc(C#CCN)s1. The highest BCUT2D eigenvalue weighted by Crippen LogP contribution is 2.14. The van der Waals surface area contributed by atoms with Gasteiger partial charge in [-0.3, -0.25) is 4.79 Å². The maximum absolute atomic E-state index is 11.8. The van der Waals surface area contributed by atoms with Crippen LogP contribution in [0.1, 0.15) is 14.5 Å². The van der Waals surface area contributed by atoms with Gasteiger partial charge in [-0.25, -0.2) is 0 Å². The fourth-order valence-electron chi connectivity index (χ4n) is 1.34. The Morgan fingerprint density at radius 1 is 1.45 bits per heavy atom. The van der Waals surface area contributed by atoms with Gasteiger partial charge in [-0.1, -0.05) is 11.8 Å². The van der Waals surface area contributed by atoms with Crippen molar-refractivity contribution in [1.29, 1.82) is 0 Å². The van der Waals surface area contributed by atoms with Gasteiger partial charge in [0.2, 0.25) is 0 Å². The van der Waals surface area contributed by atoms with Gasteiger partial charge in [0.15, 0.2) is 0 Å². The van der Waals surface area contributed by atoms with Crippen LogP contribution in [0.5, 0.6) is 0 Å². The molecule has 0 atom stereocenters. The van der Waals surface area contributed by atoms with Crippen LogP contribution < -0.4 is 11.1 Å². The van der Waals surface area contributed by atoms with E-state index in [9.17, 15) is 4.79 Å². The molecular formula is C14H21N3O2S. The lowest BCUT2D eigenvalue weighted by atomic mass is 10.4. The summed E-state index contributed by atoms with van der Waals surface area (Å²) in [5.74, 6) is 5.58. The highest BCUT2D eigenvalue weighted by Gasteiger charge is 2.07. The predicted octanol–water partition coefficient (Wildman–Crippen LogP) is 0.366. The molecule has 0 fully saturated rings. The molecule has 1 heterocycles. The largest absolute Gasteiger partial charge is 0.378 e. The molecule has 6 heteroatoms. The van der Waals surface area contributed by atoms with Gasteiger partial charge in [0, 0.05) is 13.1 Å². The van der Waals surface area contributed by atoms with E-state index in [-0.39, 0.29) is 5.91 Å². The fraction of sp³-hybridized carbons (Fsp3) is 0.500. The Balaban J connectivity index is 2.24. The second-order valence-corrected chi connectivity index (χ2v) is 5.43. The molecule has 0 saturated carbocycles. The number of nitrogens with zero attached hydrogens (tertiary/aromatic N) is 1. The van der Waals surface area contributed by atoms with E-state index in [0.717, 1.165) is 11.4 Å². The number of likely N-dealkylation sites (N-methyl/N-ethyl adjacent to an activating group) is 1. The summed E-state index contributed by atoms with van der Waals surface area (Å²) in [6.45, 7) is 2.89. The van der Waals surface area contributed by atoms with Gasteiger partial charge in [-0.2, -0.15) is 0 Å². The van der Waals surface area contributed by atoms with E-state index < -0.39 is 0 Å². The zero-order valence-electron chi connectivity index (χ0n) is 11.9. The lowest BCUT2D eigenvalue weighted by molar-refractivity contribution is 0.0904. The molecular weight excluding hydrogens is 274 g/mol. The first-order chi connectivity index (χ1) is 9.63. The molecule has 0 bridgehead atoms. The fourth-order valence-corrected chi connectivity index (χ4v) is 2.14. The third kappa shape index (κ3) is 6.68. The standard InChI is InChI=1S/C14H21N3O2S/c1-17(2)9-11-19-10-8-16-14(18)13-6-5-12(20-13)4-3-7-15/h5-6H,7-11,15H2,1-2H3,(H,16,18). The minimum Gasteiger partial charge on any atom is -0.378 e. The Morgan fingerprint density at radius 2 is 2.25 bits per heavy atom. The number of amides is 1. The minimum absolute atomic E-state index is 0.0907. The molecule has 0 spiro atoms. The van der Waals surface area contributed by atoms with Crippen LogP contribution in [0, 0.1) is 11.8 Å². The van der Waals surface area contributed by atoms with E-state index in [1.807, 2.05) is 25.1 Å². The Bertz CT molecular complexity index is 474. The van der Waals surface area contributed by atoms with Crippen LogP contribution in [-0.2, 0) is 4.74 Å². The average Bonchev–Trinajstić information content (AvgIpc) is 2.88. The van der Waals surface area contributed by atoms with Crippen molar-refractivity contribution in [2.24, 2.45) is 5.73 Å². The van der Waals surface area contributed by atoms with Crippen molar-refractivity contribution in [3.8, 4) is 11.8 Å². The van der Waals surface area contributed by atoms with Crippen molar-refractivity contribution in [3.05, 3.63) is 21.9 Å². The molecule has 110 valence electrons. The quantitative estimate of drug-likeness (QED) is 0.563. The second kappa shape index (κ2) is 9.50. The molecule has 0 radical (unpaired) electrons. The molecule has 5 nitrogen and oxygen atoms in total. The van der Waals surface area contributed by atoms with Gasteiger partial charge >= 0.3 is 0 Å². The van der Waals surface area contributed by atoms with Gasteiger partial charge in [-0.05, 0) is 26.2 Å². The summed E-state index contributed by atoms with van der Waals surface area (Å²) in [5.41, 5.74) is 5.30. The van der Waals surface area contributed by atoms with Crippen molar-refractivity contribution in [1.82, 2.24) is 10.2 Å². The van der Waals surface area contributed by atoms with E-state index >= 15 is 0 Å². The van der Waals surface area contributed by atoms with Crippen LogP contribution in [0.4, 0.5) is 0 Å². The first kappa shape index (κ1) is 16.7. The topological polar surface area (TPSA) is 67.6 Å². The van der Waals surface area contributed by atoms with Gasteiger partial charge in [-0.15, -0.1) is 11.3 Å². The van der Waals surface area contributed by atoms with Crippen LogP contribution in [0.25, 0.3) is 0 Å². The summed E-state index contributed by atoms with van der Waals surface area (Å²) in [7, 11) is 3.99. The van der Waals surface area contributed by atoms with Crippen LogP contribution in [-0.4, -0.2) is 57.8 Å². The summed E-state index contributed by atoms with van der Waals surface area (Å²) in [6.07, 6.45) is 0. The first-order valence-electron chi connectivity index (χ1n) is 6.43. The normalized spacial score (nSPS) is 10.2. The summed E-state index contributed by atoms with van der Waals surface area (Å²) in [5, 5.41) is 2.82. The van der Waals surface area contributed by atoms with Crippen molar-refractivity contribution in [2.75, 3.05) is 46.9 Å². The molecule has 3 N–H and O–H groups in total. The number of nitrogens with one attached hydrogen (secondary N) is 1. The van der Waals surface area contributed by atoms with Crippen LogP contribution >= 0.6 is 11.3 Å². The van der Waals surface area contributed by atoms with E-state index in [2.05, 4.69) is 17.2 Å². The predicted molar refractivity (Wildman–Crippen MR) is 82.0 cm³/mol. The van der Waals surface area contributed by atoms with Gasteiger partial charge < -0.3 is 20.7 Å². The number of hydrogen-bond donors (Lipinski definition) is 2. The number of hydrogen-bond acceptors (Lipinski definition) is 5. The molecule has 1 aromatic rings. The molecule has 1 amide bonds. The zero-order chi connectivity index (χ0) is 14.8. The number of carbonyl (C=O) groups excluding carboxylic acids is 1. The van der Waals surface area contributed by atoms with E-state index in [1.165, 1.54) is 11.3 Å². The number of carbonyl (C=O) groups is 1. The number of ether oxygens (including phenoxy) is 1. The molecule has 0 unspecified atom stereocenters. The Labute approximate surface area is 124 Å². The maximum Gasteiger partial charge on any atom is 0.261 e. The average molecular weight is 295 g/mol. The Hall–Kier alpha value is -1.39. The third-order valence-electron chi connectivity index (χ3n) is 2.36. The monoisotopic (exact) mass is 295 g/mol. The highest BCUT2D eigenvalue weighted by molar-refractivity contribution is 7.14. The van der Waals surface area contributed by atoms with Crippen LogP contribution in [0.15, 0.2) is 12.1 Å². The number of rotatable bonds is 7. The van der Waals surface area contributed by atoms with Crippen molar-refractivity contribution in [2.45, 2.75) is 0 Å². The Morgan fingerprint density at radius 3 is 2.95 bits per heavy atom. The van der Waals surface area contributed by atoms with Crippen LogP contribution in [0.3, 0.4) is 0 Å². The maximum atomic E-state index is 11.8. The summed E-state index contributed by atoms with van der Waals surface area (Å²) in [6, 6.07) is 3.60. The second-order valence-electron chi connectivity index (χ2n) is 4.34. The molecule has 0 aromatic carbocycles. The molecule has 20 heavy (non-hydrogen) atoms.